The zero-order valence-electron chi connectivity index (χ0n) is 12.9. The fraction of sp³-hybridized carbons (Fsp3) is 0.556. The van der Waals surface area contributed by atoms with E-state index in [9.17, 15) is 22.0 Å². The first-order valence-electron chi connectivity index (χ1n) is 7.82. The number of rotatable bonds is 3. The summed E-state index contributed by atoms with van der Waals surface area (Å²) in [5.74, 6) is 1.66. The molecule has 0 amide bonds. The molecule has 1 aromatic rings. The number of hydrogen-bond acceptors (Lipinski definition) is 0. The lowest BCUT2D eigenvalue weighted by Crippen LogP contribution is -2.13. The van der Waals surface area contributed by atoms with E-state index in [-0.39, 0.29) is 0 Å². The smallest absolute Gasteiger partial charge is 0.206 e. The zero-order valence-corrected chi connectivity index (χ0v) is 12.9. The molecule has 0 atom stereocenters. The molecule has 5 heteroatoms. The molecule has 0 N–H and O–H groups in total. The highest BCUT2D eigenvalue weighted by atomic mass is 19.4. The molecular weight excluding hydrogens is 311 g/mol. The van der Waals surface area contributed by atoms with Crippen LogP contribution >= 0.6 is 0 Å². The second kappa shape index (κ2) is 7.33. The summed E-state index contributed by atoms with van der Waals surface area (Å²) in [6.45, 7) is 2.22. The fourth-order valence-electron chi connectivity index (χ4n) is 3.01. The van der Waals surface area contributed by atoms with Gasteiger partial charge in [-0.3, -0.25) is 0 Å². The minimum Gasteiger partial charge on any atom is -0.206 e. The van der Waals surface area contributed by atoms with Crippen LogP contribution in [0.3, 0.4) is 0 Å². The molecule has 1 aliphatic rings. The van der Waals surface area contributed by atoms with E-state index in [1.54, 1.807) is 0 Å². The van der Waals surface area contributed by atoms with Crippen LogP contribution in [0, 0.1) is 35.3 Å². The molecule has 0 spiro atoms. The Morgan fingerprint density at radius 1 is 1.04 bits per heavy atom. The first kappa shape index (κ1) is 17.8. The average molecular weight is 330 g/mol. The Balaban J connectivity index is 2.03. The third-order valence-electron chi connectivity index (χ3n) is 4.41. The fourth-order valence-corrected chi connectivity index (χ4v) is 3.01. The lowest BCUT2D eigenvalue weighted by atomic mass is 9.80. The third kappa shape index (κ3) is 5.53. The quantitative estimate of drug-likeness (QED) is 0.497. The van der Waals surface area contributed by atoms with Gasteiger partial charge in [-0.25, -0.2) is 8.78 Å². The molecule has 0 aromatic heterocycles. The van der Waals surface area contributed by atoms with Crippen molar-refractivity contribution in [2.24, 2.45) is 11.8 Å². The topological polar surface area (TPSA) is 0 Å². The second-order valence-electron chi connectivity index (χ2n) is 6.35. The highest BCUT2D eigenvalue weighted by Crippen LogP contribution is 2.31. The molecule has 0 aliphatic heterocycles. The number of aryl methyl sites for hydroxylation is 1. The van der Waals surface area contributed by atoms with Gasteiger partial charge in [-0.15, -0.1) is 0 Å². The van der Waals surface area contributed by atoms with Gasteiger partial charge in [-0.2, -0.15) is 13.2 Å². The minimum absolute atomic E-state index is 0.469. The molecule has 0 saturated heterocycles. The average Bonchev–Trinajstić information content (AvgIpc) is 2.44. The number of benzene rings is 1. The predicted octanol–water partition coefficient (Wildman–Crippen LogP) is 5.64. The Bertz CT molecular complexity index is 575. The van der Waals surface area contributed by atoms with Gasteiger partial charge < -0.3 is 0 Å². The van der Waals surface area contributed by atoms with E-state index in [2.05, 4.69) is 6.92 Å². The molecule has 0 nitrogen and oxygen atoms in total. The summed E-state index contributed by atoms with van der Waals surface area (Å²) in [6, 6.07) is 2.18. The largest absolute Gasteiger partial charge is 0.458 e. The molecule has 1 saturated carbocycles. The normalized spacial score (nSPS) is 21.7. The molecule has 1 fully saturated rings. The summed E-state index contributed by atoms with van der Waals surface area (Å²) >= 11 is 0. The minimum atomic E-state index is -4.77. The maximum Gasteiger partial charge on any atom is 0.458 e. The van der Waals surface area contributed by atoms with Gasteiger partial charge >= 0.3 is 6.18 Å². The van der Waals surface area contributed by atoms with Gasteiger partial charge in [0, 0.05) is 5.92 Å². The molecule has 23 heavy (non-hydrogen) atoms. The van der Waals surface area contributed by atoms with Gasteiger partial charge in [0.1, 0.15) is 11.6 Å². The van der Waals surface area contributed by atoms with Gasteiger partial charge in [0.2, 0.25) is 0 Å². The lowest BCUT2D eigenvalue weighted by molar-refractivity contribution is -0.0696. The number of hydrogen-bond donors (Lipinski definition) is 0. The van der Waals surface area contributed by atoms with Crippen molar-refractivity contribution in [2.45, 2.75) is 51.6 Å². The van der Waals surface area contributed by atoms with Gasteiger partial charge in [0.15, 0.2) is 0 Å². The van der Waals surface area contributed by atoms with Crippen molar-refractivity contribution in [3.8, 4) is 11.8 Å². The van der Waals surface area contributed by atoms with E-state index in [0.29, 0.717) is 17.9 Å². The van der Waals surface area contributed by atoms with Crippen molar-refractivity contribution in [2.75, 3.05) is 0 Å². The molecule has 126 valence electrons. The molecule has 1 aliphatic carbocycles. The molecule has 0 heterocycles. The van der Waals surface area contributed by atoms with Crippen LogP contribution in [-0.2, 0) is 6.42 Å². The van der Waals surface area contributed by atoms with Gasteiger partial charge in [-0.05, 0) is 42.4 Å². The summed E-state index contributed by atoms with van der Waals surface area (Å²) in [6.07, 6.45) is 1.22. The molecular formula is C18H19F5. The summed E-state index contributed by atoms with van der Waals surface area (Å²) in [7, 11) is 0. The van der Waals surface area contributed by atoms with Crippen molar-refractivity contribution in [3.63, 3.8) is 0 Å². The SMILES string of the molecule is CC1CCC(CCc2cc(F)c(C#CC(F)(F)F)c(F)c2)CC1. The standard InChI is InChI=1S/C18H19F5/c1-12-2-4-13(5-3-12)6-7-14-10-16(19)15(17(20)11-14)8-9-18(21,22)23/h10-13H,2-7H2,1H3. The zero-order chi connectivity index (χ0) is 17.0. The van der Waals surface area contributed by atoms with E-state index in [1.807, 2.05) is 0 Å². The van der Waals surface area contributed by atoms with Crippen LogP contribution in [0.4, 0.5) is 22.0 Å². The highest BCUT2D eigenvalue weighted by molar-refractivity contribution is 5.39. The first-order valence-corrected chi connectivity index (χ1v) is 7.82. The van der Waals surface area contributed by atoms with Crippen LogP contribution in [0.15, 0.2) is 12.1 Å². The number of alkyl halides is 3. The molecule has 2 rings (SSSR count). The van der Waals surface area contributed by atoms with Crippen molar-refractivity contribution in [1.82, 2.24) is 0 Å². The van der Waals surface area contributed by atoms with Crippen molar-refractivity contribution in [1.29, 1.82) is 0 Å². The van der Waals surface area contributed by atoms with Crippen LogP contribution in [0.2, 0.25) is 0 Å². The maximum absolute atomic E-state index is 13.8. The van der Waals surface area contributed by atoms with E-state index < -0.39 is 23.4 Å². The molecule has 1 aromatic carbocycles. The van der Waals surface area contributed by atoms with Gasteiger partial charge in [0.05, 0.1) is 5.56 Å². The van der Waals surface area contributed by atoms with Crippen LogP contribution < -0.4 is 0 Å². The predicted molar refractivity (Wildman–Crippen MR) is 78.7 cm³/mol. The van der Waals surface area contributed by atoms with Gasteiger partial charge in [-0.1, -0.05) is 38.5 Å². The van der Waals surface area contributed by atoms with Gasteiger partial charge in [0.25, 0.3) is 0 Å². The Kier molecular flexibility index (Phi) is 5.67. The first-order chi connectivity index (χ1) is 10.7. The molecule has 0 radical (unpaired) electrons. The Morgan fingerprint density at radius 3 is 2.13 bits per heavy atom. The number of halogens is 5. The van der Waals surface area contributed by atoms with Crippen LogP contribution in [0.1, 0.15) is 50.2 Å². The van der Waals surface area contributed by atoms with E-state index in [0.717, 1.165) is 43.2 Å². The third-order valence-corrected chi connectivity index (χ3v) is 4.41. The highest BCUT2D eigenvalue weighted by Gasteiger charge is 2.24. The molecule has 0 bridgehead atoms. The van der Waals surface area contributed by atoms with E-state index in [4.69, 9.17) is 0 Å². The lowest BCUT2D eigenvalue weighted by Gasteiger charge is -2.26. The van der Waals surface area contributed by atoms with E-state index >= 15 is 0 Å². The summed E-state index contributed by atoms with van der Waals surface area (Å²) < 4.78 is 63.6. The summed E-state index contributed by atoms with van der Waals surface area (Å²) in [4.78, 5) is 0. The van der Waals surface area contributed by atoms with Crippen molar-refractivity contribution >= 4 is 0 Å². The van der Waals surface area contributed by atoms with Crippen molar-refractivity contribution in [3.05, 3.63) is 34.9 Å². The second-order valence-corrected chi connectivity index (χ2v) is 6.35. The van der Waals surface area contributed by atoms with Crippen LogP contribution in [-0.4, -0.2) is 6.18 Å². The van der Waals surface area contributed by atoms with E-state index in [1.165, 1.54) is 18.8 Å². The van der Waals surface area contributed by atoms with Crippen LogP contribution in [0.25, 0.3) is 0 Å². The Labute approximate surface area is 133 Å². The summed E-state index contributed by atoms with van der Waals surface area (Å²) in [5, 5.41) is 0. The maximum atomic E-state index is 13.8. The summed E-state index contributed by atoms with van der Waals surface area (Å²) in [5.41, 5.74) is -0.353. The van der Waals surface area contributed by atoms with Crippen LogP contribution in [0.5, 0.6) is 0 Å². The molecule has 0 unspecified atom stereocenters. The Morgan fingerprint density at radius 2 is 1.61 bits per heavy atom. The monoisotopic (exact) mass is 330 g/mol. The Hall–Kier alpha value is -1.57. The van der Waals surface area contributed by atoms with Crippen molar-refractivity contribution < 1.29 is 22.0 Å².